The van der Waals surface area contributed by atoms with E-state index in [1.165, 1.54) is 33.4 Å². The predicted octanol–water partition coefficient (Wildman–Crippen LogP) is 7.06. The first-order chi connectivity index (χ1) is 10.3. The van der Waals surface area contributed by atoms with E-state index < -0.39 is 0 Å². The van der Waals surface area contributed by atoms with Crippen molar-refractivity contribution >= 4 is 0 Å². The fourth-order valence-electron chi connectivity index (χ4n) is 2.02. The van der Waals surface area contributed by atoms with Crippen LogP contribution in [-0.4, -0.2) is 0 Å². The van der Waals surface area contributed by atoms with Crippen molar-refractivity contribution in [2.24, 2.45) is 0 Å². The van der Waals surface area contributed by atoms with Crippen LogP contribution in [0.5, 0.6) is 0 Å². The molecule has 0 saturated carbocycles. The second-order valence-corrected chi connectivity index (χ2v) is 6.09. The van der Waals surface area contributed by atoms with Crippen molar-refractivity contribution in [1.29, 1.82) is 0 Å². The monoisotopic (exact) mass is 298 g/mol. The average Bonchev–Trinajstić information content (AvgIpc) is 2.49. The van der Waals surface area contributed by atoms with E-state index in [0.29, 0.717) is 5.92 Å². The van der Waals surface area contributed by atoms with E-state index in [9.17, 15) is 0 Å². The Morgan fingerprint density at radius 3 is 1.41 bits per heavy atom. The maximum atomic E-state index is 2.28. The Labute approximate surface area is 138 Å². The predicted molar refractivity (Wildman–Crippen MR) is 102 cm³/mol. The van der Waals surface area contributed by atoms with E-state index in [0.717, 1.165) is 0 Å². The molecule has 2 aromatic carbocycles. The number of benzene rings is 2. The Hall–Kier alpha value is -1.56. The van der Waals surface area contributed by atoms with Gasteiger partial charge in [-0.15, -0.1) is 0 Å². The van der Waals surface area contributed by atoms with Crippen molar-refractivity contribution in [3.8, 4) is 0 Å². The molecule has 0 amide bonds. The van der Waals surface area contributed by atoms with Gasteiger partial charge in [0.05, 0.1) is 0 Å². The summed E-state index contributed by atoms with van der Waals surface area (Å²) in [4.78, 5) is 0. The Bertz CT molecular complexity index is 562. The molecule has 0 heteroatoms. The molecule has 0 atom stereocenters. The zero-order valence-corrected chi connectivity index (χ0v) is 16.0. The smallest absolute Gasteiger partial charge is 0.0219 e. The van der Waals surface area contributed by atoms with Gasteiger partial charge in [0.1, 0.15) is 0 Å². The molecule has 0 heterocycles. The van der Waals surface area contributed by atoms with Crippen LogP contribution in [0.15, 0.2) is 36.4 Å². The van der Waals surface area contributed by atoms with Gasteiger partial charge in [-0.1, -0.05) is 69.7 Å². The van der Waals surface area contributed by atoms with Gasteiger partial charge < -0.3 is 0 Å². The van der Waals surface area contributed by atoms with Crippen molar-refractivity contribution in [3.63, 3.8) is 0 Å². The molecule has 0 unspecified atom stereocenters. The number of hydrogen-bond donors (Lipinski definition) is 0. The summed E-state index contributed by atoms with van der Waals surface area (Å²) in [7, 11) is 0. The van der Waals surface area contributed by atoms with E-state index in [1.54, 1.807) is 0 Å². The highest BCUT2D eigenvalue weighted by molar-refractivity contribution is 5.31. The van der Waals surface area contributed by atoms with E-state index in [4.69, 9.17) is 0 Å². The highest BCUT2D eigenvalue weighted by Crippen LogP contribution is 2.17. The van der Waals surface area contributed by atoms with Crippen LogP contribution in [0.1, 0.15) is 67.0 Å². The molecule has 0 bridgehead atoms. The molecular formula is C22H34. The molecule has 0 spiro atoms. The van der Waals surface area contributed by atoms with Gasteiger partial charge in [0, 0.05) is 0 Å². The van der Waals surface area contributed by atoms with E-state index >= 15 is 0 Å². The summed E-state index contributed by atoms with van der Waals surface area (Å²) >= 11 is 0. The number of aryl methyl sites for hydroxylation is 5. The molecule has 2 aromatic rings. The highest BCUT2D eigenvalue weighted by Gasteiger charge is 1.99. The summed E-state index contributed by atoms with van der Waals surface area (Å²) in [6, 6.07) is 13.2. The Morgan fingerprint density at radius 2 is 1.05 bits per heavy atom. The zero-order chi connectivity index (χ0) is 17.3. The lowest BCUT2D eigenvalue weighted by Gasteiger charge is -2.07. The van der Waals surface area contributed by atoms with Crippen LogP contribution >= 0.6 is 0 Å². The van der Waals surface area contributed by atoms with E-state index in [2.05, 4.69) is 84.9 Å². The van der Waals surface area contributed by atoms with Crippen LogP contribution in [-0.2, 0) is 0 Å². The van der Waals surface area contributed by atoms with Gasteiger partial charge in [-0.05, 0) is 68.4 Å². The normalized spacial score (nSPS) is 9.55. The molecule has 0 aliphatic rings. The molecular weight excluding hydrogens is 264 g/mol. The lowest BCUT2D eigenvalue weighted by Crippen LogP contribution is -1.89. The van der Waals surface area contributed by atoms with Crippen LogP contribution in [0.4, 0.5) is 0 Å². The lowest BCUT2D eigenvalue weighted by molar-refractivity contribution is 0.864. The van der Waals surface area contributed by atoms with Gasteiger partial charge in [-0.2, -0.15) is 0 Å². The largest absolute Gasteiger partial charge is 0.0683 e. The van der Waals surface area contributed by atoms with Crippen molar-refractivity contribution in [1.82, 2.24) is 0 Å². The van der Waals surface area contributed by atoms with Crippen LogP contribution < -0.4 is 0 Å². The average molecular weight is 299 g/mol. The van der Waals surface area contributed by atoms with Crippen molar-refractivity contribution in [2.45, 2.75) is 68.2 Å². The summed E-state index contributed by atoms with van der Waals surface area (Å²) in [5.74, 6) is 0.647. The summed E-state index contributed by atoms with van der Waals surface area (Å²) < 4.78 is 0. The standard InChI is InChI=1S/C11H16.C9H12.C2H6/c1-8(2)11-6-5-9(3)10(4)7-11;1-7-4-5-8(2)9(3)6-7;1-2/h5-8H,1-4H3;4-6H,1-3H3;1-2H3. The molecule has 0 aromatic heterocycles. The summed E-state index contributed by atoms with van der Waals surface area (Å²) in [6.45, 7) is 19.2. The molecule has 0 aliphatic heterocycles. The van der Waals surface area contributed by atoms with E-state index in [-0.39, 0.29) is 0 Å². The minimum Gasteiger partial charge on any atom is -0.0683 e. The molecule has 22 heavy (non-hydrogen) atoms. The van der Waals surface area contributed by atoms with Gasteiger partial charge in [0.2, 0.25) is 0 Å². The first-order valence-electron chi connectivity index (χ1n) is 8.42. The molecule has 2 rings (SSSR count). The van der Waals surface area contributed by atoms with Crippen LogP contribution in [0.25, 0.3) is 0 Å². The molecule has 0 aliphatic carbocycles. The molecule has 0 radical (unpaired) electrons. The van der Waals surface area contributed by atoms with Crippen molar-refractivity contribution in [2.75, 3.05) is 0 Å². The topological polar surface area (TPSA) is 0 Å². The lowest BCUT2D eigenvalue weighted by atomic mass is 9.99. The van der Waals surface area contributed by atoms with Crippen molar-refractivity contribution in [3.05, 3.63) is 69.8 Å². The summed E-state index contributed by atoms with van der Waals surface area (Å²) in [5.41, 5.74) is 8.33. The van der Waals surface area contributed by atoms with Gasteiger partial charge in [0.15, 0.2) is 0 Å². The fourth-order valence-corrected chi connectivity index (χ4v) is 2.02. The molecule has 0 fully saturated rings. The van der Waals surface area contributed by atoms with Gasteiger partial charge in [-0.25, -0.2) is 0 Å². The second-order valence-electron chi connectivity index (χ2n) is 6.09. The van der Waals surface area contributed by atoms with Gasteiger partial charge in [0.25, 0.3) is 0 Å². The quantitative estimate of drug-likeness (QED) is 0.528. The molecule has 0 nitrogen and oxygen atoms in total. The Morgan fingerprint density at radius 1 is 0.591 bits per heavy atom. The summed E-state index contributed by atoms with van der Waals surface area (Å²) in [5, 5.41) is 0. The SMILES string of the molecule is CC.Cc1ccc(C(C)C)cc1C.Cc1ccc(C)c(C)c1. The first-order valence-corrected chi connectivity index (χ1v) is 8.42. The van der Waals surface area contributed by atoms with Crippen LogP contribution in [0.2, 0.25) is 0 Å². The van der Waals surface area contributed by atoms with E-state index in [1.807, 2.05) is 13.8 Å². The van der Waals surface area contributed by atoms with Crippen LogP contribution in [0, 0.1) is 34.6 Å². The van der Waals surface area contributed by atoms with Crippen molar-refractivity contribution < 1.29 is 0 Å². The third-order valence-corrected chi connectivity index (χ3v) is 3.86. The Balaban J connectivity index is 0.000000366. The molecule has 0 N–H and O–H groups in total. The second kappa shape index (κ2) is 10.2. The number of hydrogen-bond acceptors (Lipinski definition) is 0. The third kappa shape index (κ3) is 6.93. The maximum Gasteiger partial charge on any atom is -0.0219 e. The summed E-state index contributed by atoms with van der Waals surface area (Å²) in [6.07, 6.45) is 0. The zero-order valence-electron chi connectivity index (χ0n) is 16.0. The molecule has 122 valence electrons. The van der Waals surface area contributed by atoms with Gasteiger partial charge >= 0.3 is 0 Å². The minimum atomic E-state index is 0.647. The molecule has 0 saturated heterocycles. The first kappa shape index (κ1) is 20.4. The Kier molecular flexibility index (Phi) is 9.49. The van der Waals surface area contributed by atoms with Gasteiger partial charge in [-0.3, -0.25) is 0 Å². The fraction of sp³-hybridized carbons (Fsp3) is 0.455. The minimum absolute atomic E-state index is 0.647. The third-order valence-electron chi connectivity index (χ3n) is 3.86. The van der Waals surface area contributed by atoms with Crippen LogP contribution in [0.3, 0.4) is 0 Å². The highest BCUT2D eigenvalue weighted by atomic mass is 14.0. The maximum absolute atomic E-state index is 2.28. The number of rotatable bonds is 1.